The van der Waals surface area contributed by atoms with E-state index in [1.165, 1.54) is 18.3 Å². The van der Waals surface area contributed by atoms with E-state index in [0.717, 1.165) is 25.9 Å². The first kappa shape index (κ1) is 38.5. The number of benzene rings is 2. The van der Waals surface area contributed by atoms with Gasteiger partial charge in [0.1, 0.15) is 24.3 Å². The number of ether oxygens (including phenoxy) is 2. The van der Waals surface area contributed by atoms with Crippen LogP contribution in [0.1, 0.15) is 33.6 Å². The molecule has 0 aliphatic carbocycles. The molecule has 0 spiro atoms. The number of carbonyl (C=O) groups is 1. The number of nitrogens with one attached hydrogen (secondary N) is 2. The quantitative estimate of drug-likeness (QED) is 0.152. The number of aromatic nitrogens is 2. The zero-order valence-electron chi connectivity index (χ0n) is 29.4. The molecule has 0 radical (unpaired) electrons. The normalized spacial score (nSPS) is 16.6. The van der Waals surface area contributed by atoms with Crippen LogP contribution in [0, 0.1) is 0 Å². The number of nitrogens with two attached hydrogens (primary N) is 1. The molecule has 0 atom stereocenters. The van der Waals surface area contributed by atoms with E-state index in [9.17, 15) is 22.5 Å². The van der Waals surface area contributed by atoms with Gasteiger partial charge in [0.05, 0.1) is 27.2 Å². The van der Waals surface area contributed by atoms with Gasteiger partial charge in [-0.05, 0) is 81.1 Å². The van der Waals surface area contributed by atoms with Crippen LogP contribution in [0.2, 0.25) is 0 Å². The van der Waals surface area contributed by atoms with E-state index >= 15 is 0 Å². The van der Waals surface area contributed by atoms with Crippen molar-refractivity contribution >= 4 is 69.0 Å². The minimum atomic E-state index is -4.57. The van der Waals surface area contributed by atoms with Crippen LogP contribution >= 0.6 is 23.1 Å². The number of piperidine rings is 1. The number of rotatable bonds is 9. The number of anilines is 6. The molecule has 2 aromatic carbocycles. The van der Waals surface area contributed by atoms with Gasteiger partial charge in [0.25, 0.3) is 0 Å². The average molecular weight is 798 g/mol. The highest BCUT2D eigenvalue weighted by Gasteiger charge is 2.32. The summed E-state index contributed by atoms with van der Waals surface area (Å²) in [6.07, 6.45) is -1.73. The maximum atomic E-state index is 13.3. The fraction of sp³-hybridized carbons (Fsp3) is 0.500. The Balaban J connectivity index is 1.29. The predicted octanol–water partition coefficient (Wildman–Crippen LogP) is 7.02. The molecule has 0 unspecified atom stereocenters. The van der Waals surface area contributed by atoms with Gasteiger partial charge >= 0.3 is 12.3 Å². The first-order chi connectivity index (χ1) is 23.9. The number of nitrogens with zero attached hydrogens (tertiary/aromatic N) is 5. The lowest BCUT2D eigenvalue weighted by molar-refractivity contribution is -0.153. The Labute approximate surface area is 304 Å². The summed E-state index contributed by atoms with van der Waals surface area (Å²) < 4.78 is 64.3. The fourth-order valence-electron chi connectivity index (χ4n) is 6.12. The third-order valence-electron chi connectivity index (χ3n) is 8.54. The van der Waals surface area contributed by atoms with Crippen molar-refractivity contribution in [3.8, 4) is 5.75 Å². The molecule has 2 saturated heterocycles. The highest BCUT2D eigenvalue weighted by atomic mass is 79.9. The first-order valence-corrected chi connectivity index (χ1v) is 20.1. The molecule has 2 aliphatic heterocycles. The number of piperazine rings is 1. The molecule has 2 fully saturated rings. The number of nitrogen functional groups attached to an aromatic ring is 1. The molecule has 0 bridgehead atoms. The molecule has 3 heterocycles. The summed E-state index contributed by atoms with van der Waals surface area (Å²) in [5.74, 6) is 0.372. The number of amides is 1. The molecule has 51 heavy (non-hydrogen) atoms. The van der Waals surface area contributed by atoms with Crippen LogP contribution in [0.5, 0.6) is 5.75 Å². The van der Waals surface area contributed by atoms with Gasteiger partial charge in [-0.1, -0.05) is 12.1 Å². The largest absolute Gasteiger partial charge is 0.482 e. The SMILES string of the molecule is CC(C)(C)OC(=O)N1CCN(C2CCN(c3cc(OCC(F)(F)F)c(Nc4ncc(Br)c(Nc5ccccc5P(C)(C)=O)n4)cc3N)CC2)CC1. The van der Waals surface area contributed by atoms with Gasteiger partial charge in [0, 0.05) is 62.9 Å². The Morgan fingerprint density at radius 1 is 1.02 bits per heavy atom. The maximum absolute atomic E-state index is 13.3. The predicted molar refractivity (Wildman–Crippen MR) is 199 cm³/mol. The monoisotopic (exact) mass is 796 g/mol. The molecule has 12 nitrogen and oxygen atoms in total. The summed E-state index contributed by atoms with van der Waals surface area (Å²) in [4.78, 5) is 27.5. The van der Waals surface area contributed by atoms with E-state index in [1.807, 2.05) is 26.8 Å². The van der Waals surface area contributed by atoms with Crippen LogP contribution in [0.25, 0.3) is 0 Å². The van der Waals surface area contributed by atoms with Crippen molar-refractivity contribution in [2.24, 2.45) is 0 Å². The minimum absolute atomic E-state index is 0.0545. The van der Waals surface area contributed by atoms with Gasteiger partial charge in [-0.15, -0.1) is 0 Å². The van der Waals surface area contributed by atoms with Gasteiger partial charge in [0.15, 0.2) is 6.61 Å². The summed E-state index contributed by atoms with van der Waals surface area (Å²) in [5.41, 5.74) is 7.68. The second kappa shape index (κ2) is 15.5. The van der Waals surface area contributed by atoms with Crippen LogP contribution in [0.15, 0.2) is 47.1 Å². The van der Waals surface area contributed by atoms with Gasteiger partial charge < -0.3 is 40.2 Å². The molecule has 5 rings (SSSR count). The van der Waals surface area contributed by atoms with Gasteiger partial charge in [-0.2, -0.15) is 18.2 Å². The topological polar surface area (TPSA) is 138 Å². The number of hydrogen-bond donors (Lipinski definition) is 3. The number of halogens is 4. The Morgan fingerprint density at radius 2 is 1.69 bits per heavy atom. The number of hydrogen-bond acceptors (Lipinski definition) is 11. The Hall–Kier alpha value is -3.75. The third-order valence-corrected chi connectivity index (χ3v) is 10.7. The van der Waals surface area contributed by atoms with Crippen LogP contribution in [0.4, 0.5) is 52.5 Å². The number of carbonyl (C=O) groups excluding carboxylic acids is 1. The lowest BCUT2D eigenvalue weighted by Crippen LogP contribution is -2.55. The number of para-hydroxylation sites is 1. The lowest BCUT2D eigenvalue weighted by Gasteiger charge is -2.43. The van der Waals surface area contributed by atoms with Crippen molar-refractivity contribution in [1.82, 2.24) is 19.8 Å². The molecule has 2 aliphatic rings. The molecular weight excluding hydrogens is 752 g/mol. The fourth-order valence-corrected chi connectivity index (χ4v) is 7.56. The summed E-state index contributed by atoms with van der Waals surface area (Å²) in [6.45, 7) is 11.3. The highest BCUT2D eigenvalue weighted by Crippen LogP contribution is 2.40. The molecule has 4 N–H and O–H groups in total. The van der Waals surface area contributed by atoms with Crippen molar-refractivity contribution in [2.75, 3.05) is 80.5 Å². The Kier molecular flexibility index (Phi) is 11.7. The number of alkyl halides is 3. The van der Waals surface area contributed by atoms with Crippen LogP contribution in [-0.2, 0) is 9.30 Å². The molecule has 278 valence electrons. The Morgan fingerprint density at radius 3 is 2.31 bits per heavy atom. The zero-order valence-corrected chi connectivity index (χ0v) is 31.9. The van der Waals surface area contributed by atoms with Crippen molar-refractivity contribution in [3.63, 3.8) is 0 Å². The van der Waals surface area contributed by atoms with E-state index in [4.69, 9.17) is 15.2 Å². The van der Waals surface area contributed by atoms with E-state index < -0.39 is 25.5 Å². The molecule has 3 aromatic rings. The smallest absolute Gasteiger partial charge is 0.422 e. The average Bonchev–Trinajstić information content (AvgIpc) is 3.05. The van der Waals surface area contributed by atoms with E-state index in [1.54, 1.807) is 36.4 Å². The summed E-state index contributed by atoms with van der Waals surface area (Å²) >= 11 is 3.44. The molecule has 1 aromatic heterocycles. The minimum Gasteiger partial charge on any atom is -0.482 e. The van der Waals surface area contributed by atoms with Crippen LogP contribution in [0.3, 0.4) is 0 Å². The van der Waals surface area contributed by atoms with Gasteiger partial charge in [-0.3, -0.25) is 4.90 Å². The second-order valence-electron chi connectivity index (χ2n) is 14.0. The molecule has 0 saturated carbocycles. The van der Waals surface area contributed by atoms with Crippen LogP contribution < -0.4 is 31.3 Å². The third kappa shape index (κ3) is 10.4. The first-order valence-electron chi connectivity index (χ1n) is 16.7. The van der Waals surface area contributed by atoms with E-state index in [0.29, 0.717) is 64.9 Å². The van der Waals surface area contributed by atoms with Gasteiger partial charge in [-0.25, -0.2) is 9.78 Å². The van der Waals surface area contributed by atoms with Gasteiger partial charge in [0.2, 0.25) is 5.95 Å². The van der Waals surface area contributed by atoms with E-state index in [2.05, 4.69) is 46.3 Å². The van der Waals surface area contributed by atoms with Crippen molar-refractivity contribution in [2.45, 2.75) is 51.4 Å². The molecule has 1 amide bonds. The maximum Gasteiger partial charge on any atom is 0.422 e. The lowest BCUT2D eigenvalue weighted by atomic mass is 10.0. The standard InChI is InChI=1S/C34H45BrF3N8O4P/c1-33(2,3)50-32(47)46-16-14-44(15-17-46)22-10-12-45(13-11-22)27-19-28(49-21-34(36,37)38)26(18-24(27)39)42-31-40-20-23(35)30(43-31)41-25-8-6-7-9-29(25)51(4,5)48/h6-9,18-20,22H,10-17,21,39H2,1-5H3,(H2,40,41,42,43). The zero-order chi connectivity index (χ0) is 37.1. The molecular formula is C34H45BrF3N8O4P. The van der Waals surface area contributed by atoms with Crippen molar-refractivity contribution < 1.29 is 32.0 Å². The highest BCUT2D eigenvalue weighted by molar-refractivity contribution is 9.10. The molecule has 17 heteroatoms. The van der Waals surface area contributed by atoms with Crippen molar-refractivity contribution in [1.29, 1.82) is 0 Å². The summed E-state index contributed by atoms with van der Waals surface area (Å²) in [5, 5.41) is 6.81. The van der Waals surface area contributed by atoms with Crippen LogP contribution in [-0.4, -0.2) is 103 Å². The Bertz CT molecular complexity index is 1750. The summed E-state index contributed by atoms with van der Waals surface area (Å²) in [7, 11) is -2.63. The second-order valence-corrected chi connectivity index (χ2v) is 18.1. The van der Waals surface area contributed by atoms with E-state index in [-0.39, 0.29) is 23.5 Å². The summed E-state index contributed by atoms with van der Waals surface area (Å²) in [6, 6.07) is 10.5. The van der Waals surface area contributed by atoms with Crippen molar-refractivity contribution in [3.05, 3.63) is 47.1 Å².